The Labute approximate surface area is 123 Å². The molecule has 0 unspecified atom stereocenters. The maximum absolute atomic E-state index is 12.0. The molecule has 0 atom stereocenters. The average Bonchev–Trinajstić information content (AvgIpc) is 2.70. The number of hydrogen-bond acceptors (Lipinski definition) is 5. The van der Waals surface area contributed by atoms with E-state index in [2.05, 4.69) is 10.5 Å². The van der Waals surface area contributed by atoms with Crippen LogP contribution < -0.4 is 5.32 Å². The number of nitrogens with one attached hydrogen (secondary N) is 1. The normalized spacial score (nSPS) is 11.4. The van der Waals surface area contributed by atoms with Gasteiger partial charge < -0.3 is 9.84 Å². The number of aryl methyl sites for hydroxylation is 2. The van der Waals surface area contributed by atoms with Crippen LogP contribution in [0.25, 0.3) is 0 Å². The molecule has 1 N–H and O–H groups in total. The molecule has 0 saturated heterocycles. The summed E-state index contributed by atoms with van der Waals surface area (Å²) in [5.41, 5.74) is 1.86. The van der Waals surface area contributed by atoms with Gasteiger partial charge in [-0.05, 0) is 32.0 Å². The van der Waals surface area contributed by atoms with Crippen molar-refractivity contribution in [3.05, 3.63) is 41.3 Å². The highest BCUT2D eigenvalue weighted by Gasteiger charge is 2.14. The van der Waals surface area contributed by atoms with E-state index in [9.17, 15) is 13.2 Å². The Morgan fingerprint density at radius 1 is 1.33 bits per heavy atom. The van der Waals surface area contributed by atoms with E-state index in [-0.39, 0.29) is 17.2 Å². The quantitative estimate of drug-likeness (QED) is 0.931. The van der Waals surface area contributed by atoms with Crippen LogP contribution in [0.2, 0.25) is 0 Å². The first-order valence-electron chi connectivity index (χ1n) is 6.29. The molecule has 0 spiro atoms. The highest BCUT2D eigenvalue weighted by Crippen LogP contribution is 2.17. The van der Waals surface area contributed by atoms with Gasteiger partial charge >= 0.3 is 0 Å². The number of aromatic nitrogens is 1. The summed E-state index contributed by atoms with van der Waals surface area (Å²) in [6.07, 6.45) is 1.25. The summed E-state index contributed by atoms with van der Waals surface area (Å²) >= 11 is 0. The lowest BCUT2D eigenvalue weighted by atomic mass is 10.1. The summed E-state index contributed by atoms with van der Waals surface area (Å²) in [5, 5.41) is 6.46. The van der Waals surface area contributed by atoms with Crippen LogP contribution >= 0.6 is 0 Å². The van der Waals surface area contributed by atoms with Gasteiger partial charge in [-0.15, -0.1) is 0 Å². The van der Waals surface area contributed by atoms with Crippen molar-refractivity contribution in [2.75, 3.05) is 11.6 Å². The van der Waals surface area contributed by atoms with Crippen LogP contribution in [0.4, 0.5) is 5.69 Å². The molecule has 6 nitrogen and oxygen atoms in total. The standard InChI is InChI=1S/C14H16N2O4S/c1-9-13(10(2)20-16-9)8-14(17)15-11-5-4-6-12(7-11)21(3,18)19/h4-7H,8H2,1-3H3,(H,15,17). The zero-order valence-corrected chi connectivity index (χ0v) is 12.8. The molecule has 0 bridgehead atoms. The average molecular weight is 308 g/mol. The molecule has 21 heavy (non-hydrogen) atoms. The molecule has 7 heteroatoms. The zero-order chi connectivity index (χ0) is 15.6. The Hall–Kier alpha value is -2.15. The second-order valence-electron chi connectivity index (χ2n) is 4.83. The van der Waals surface area contributed by atoms with Gasteiger partial charge in [0.2, 0.25) is 5.91 Å². The van der Waals surface area contributed by atoms with Gasteiger partial charge in [-0.2, -0.15) is 0 Å². The minimum atomic E-state index is -3.30. The smallest absolute Gasteiger partial charge is 0.228 e. The minimum Gasteiger partial charge on any atom is -0.361 e. The summed E-state index contributed by atoms with van der Waals surface area (Å²) in [4.78, 5) is 12.2. The van der Waals surface area contributed by atoms with E-state index < -0.39 is 9.84 Å². The predicted octanol–water partition coefficient (Wildman–Crippen LogP) is 1.88. The molecule has 1 amide bonds. The lowest BCUT2D eigenvalue weighted by molar-refractivity contribution is -0.115. The Morgan fingerprint density at radius 2 is 2.05 bits per heavy atom. The van der Waals surface area contributed by atoms with Gasteiger partial charge in [-0.3, -0.25) is 4.79 Å². The van der Waals surface area contributed by atoms with Gasteiger partial charge in [0, 0.05) is 17.5 Å². The van der Waals surface area contributed by atoms with Crippen molar-refractivity contribution in [1.82, 2.24) is 5.16 Å². The third-order valence-electron chi connectivity index (χ3n) is 3.06. The fourth-order valence-electron chi connectivity index (χ4n) is 1.92. The predicted molar refractivity (Wildman–Crippen MR) is 77.9 cm³/mol. The Kier molecular flexibility index (Phi) is 4.13. The molecular weight excluding hydrogens is 292 g/mol. The third kappa shape index (κ3) is 3.69. The highest BCUT2D eigenvalue weighted by atomic mass is 32.2. The molecule has 0 saturated carbocycles. The summed E-state index contributed by atoms with van der Waals surface area (Å²) in [7, 11) is -3.30. The number of hydrogen-bond donors (Lipinski definition) is 1. The molecule has 0 aliphatic rings. The van der Waals surface area contributed by atoms with E-state index in [1.54, 1.807) is 26.0 Å². The lowest BCUT2D eigenvalue weighted by Gasteiger charge is -2.06. The molecule has 0 aliphatic heterocycles. The number of carbonyl (C=O) groups excluding carboxylic acids is 1. The largest absolute Gasteiger partial charge is 0.361 e. The molecule has 2 rings (SSSR count). The fraction of sp³-hybridized carbons (Fsp3) is 0.286. The molecule has 0 fully saturated rings. The maximum Gasteiger partial charge on any atom is 0.228 e. The van der Waals surface area contributed by atoms with Gasteiger partial charge in [0.1, 0.15) is 5.76 Å². The van der Waals surface area contributed by atoms with Crippen molar-refractivity contribution in [2.24, 2.45) is 0 Å². The van der Waals surface area contributed by atoms with E-state index in [1.807, 2.05) is 0 Å². The van der Waals surface area contributed by atoms with Crippen LogP contribution in [0.5, 0.6) is 0 Å². The van der Waals surface area contributed by atoms with Gasteiger partial charge in [-0.1, -0.05) is 11.2 Å². The molecule has 1 aromatic heterocycles. The summed E-state index contributed by atoms with van der Waals surface area (Å²) in [5.74, 6) is 0.350. The second-order valence-corrected chi connectivity index (χ2v) is 6.84. The van der Waals surface area contributed by atoms with Crippen LogP contribution in [0, 0.1) is 13.8 Å². The Balaban J connectivity index is 2.14. The number of nitrogens with zero attached hydrogens (tertiary/aromatic N) is 1. The topological polar surface area (TPSA) is 89.3 Å². The highest BCUT2D eigenvalue weighted by molar-refractivity contribution is 7.90. The zero-order valence-electron chi connectivity index (χ0n) is 12.0. The number of anilines is 1. The number of sulfone groups is 1. The summed E-state index contributed by atoms with van der Waals surface area (Å²) in [6.45, 7) is 3.51. The van der Waals surface area contributed by atoms with E-state index in [4.69, 9.17) is 4.52 Å². The second kappa shape index (κ2) is 5.69. The van der Waals surface area contributed by atoms with Crippen molar-refractivity contribution in [3.8, 4) is 0 Å². The molecule has 112 valence electrons. The van der Waals surface area contributed by atoms with E-state index >= 15 is 0 Å². The summed E-state index contributed by atoms with van der Waals surface area (Å²) < 4.78 is 28.0. The van der Waals surface area contributed by atoms with E-state index in [1.165, 1.54) is 12.1 Å². The van der Waals surface area contributed by atoms with Gasteiger partial charge in [0.15, 0.2) is 9.84 Å². The van der Waals surface area contributed by atoms with Gasteiger partial charge in [0.05, 0.1) is 17.0 Å². The third-order valence-corrected chi connectivity index (χ3v) is 4.17. The van der Waals surface area contributed by atoms with Crippen LogP contribution in [0.15, 0.2) is 33.7 Å². The first-order chi connectivity index (χ1) is 9.77. The maximum atomic E-state index is 12.0. The lowest BCUT2D eigenvalue weighted by Crippen LogP contribution is -2.15. The molecule has 0 radical (unpaired) electrons. The van der Waals surface area contributed by atoms with Crippen molar-refractivity contribution in [1.29, 1.82) is 0 Å². The number of benzene rings is 1. The minimum absolute atomic E-state index is 0.129. The van der Waals surface area contributed by atoms with E-state index in [0.717, 1.165) is 11.8 Å². The van der Waals surface area contributed by atoms with Crippen LogP contribution in [0.3, 0.4) is 0 Å². The van der Waals surface area contributed by atoms with Crippen molar-refractivity contribution < 1.29 is 17.7 Å². The first-order valence-corrected chi connectivity index (χ1v) is 8.18. The van der Waals surface area contributed by atoms with Gasteiger partial charge in [-0.25, -0.2) is 8.42 Å². The monoisotopic (exact) mass is 308 g/mol. The first kappa shape index (κ1) is 15.2. The van der Waals surface area contributed by atoms with E-state index in [0.29, 0.717) is 17.1 Å². The number of carbonyl (C=O) groups is 1. The Morgan fingerprint density at radius 3 is 2.62 bits per heavy atom. The van der Waals surface area contributed by atoms with Gasteiger partial charge in [0.25, 0.3) is 0 Å². The summed E-state index contributed by atoms with van der Waals surface area (Å²) in [6, 6.07) is 6.14. The van der Waals surface area contributed by atoms with Crippen LogP contribution in [0.1, 0.15) is 17.0 Å². The van der Waals surface area contributed by atoms with Crippen LogP contribution in [-0.2, 0) is 21.1 Å². The number of rotatable bonds is 4. The Bertz CT molecular complexity index is 759. The molecule has 1 heterocycles. The molecule has 1 aromatic carbocycles. The molecule has 2 aromatic rings. The number of amides is 1. The molecule has 0 aliphatic carbocycles. The SMILES string of the molecule is Cc1noc(C)c1CC(=O)Nc1cccc(S(C)(=O)=O)c1. The fourth-order valence-corrected chi connectivity index (χ4v) is 2.59. The van der Waals surface area contributed by atoms with Crippen LogP contribution in [-0.4, -0.2) is 25.7 Å². The molecular formula is C14H16N2O4S. The van der Waals surface area contributed by atoms with Crippen molar-refractivity contribution >= 4 is 21.4 Å². The van der Waals surface area contributed by atoms with Crippen molar-refractivity contribution in [2.45, 2.75) is 25.2 Å². The van der Waals surface area contributed by atoms with Crippen molar-refractivity contribution in [3.63, 3.8) is 0 Å².